The van der Waals surface area contributed by atoms with E-state index in [9.17, 15) is 9.11 Å². The van der Waals surface area contributed by atoms with Crippen molar-refractivity contribution in [1.82, 2.24) is 9.71 Å². The molecule has 2 aromatic rings. The van der Waals surface area contributed by atoms with Crippen LogP contribution in [0.15, 0.2) is 30.5 Å². The van der Waals surface area contributed by atoms with Crippen LogP contribution < -0.4 is 9.03 Å². The van der Waals surface area contributed by atoms with Crippen LogP contribution >= 0.6 is 11.0 Å². The zero-order valence-electron chi connectivity index (χ0n) is 12.2. The van der Waals surface area contributed by atoms with Crippen LogP contribution in [0.1, 0.15) is 19.0 Å². The van der Waals surface area contributed by atoms with E-state index in [-0.39, 0.29) is 0 Å². The molecule has 0 saturated carbocycles. The van der Waals surface area contributed by atoms with E-state index in [0.717, 1.165) is 22.9 Å². The largest absolute Gasteiger partial charge is 0.269 e. The molecular formula is C15H18N4O2S. The molecular weight excluding hydrogens is 300 g/mol. The summed E-state index contributed by atoms with van der Waals surface area (Å²) in [4.78, 5) is 4.04. The highest BCUT2D eigenvalue weighted by atomic mass is 32.3. The van der Waals surface area contributed by atoms with Gasteiger partial charge in [0.2, 0.25) is 0 Å². The maximum Gasteiger partial charge on any atom is 0.148 e. The summed E-state index contributed by atoms with van der Waals surface area (Å²) in [6.07, 6.45) is 2.56. The minimum Gasteiger partial charge on any atom is -0.269 e. The molecule has 116 valence electrons. The van der Waals surface area contributed by atoms with E-state index >= 15 is 0 Å². The van der Waals surface area contributed by atoms with Crippen LogP contribution in [0.3, 0.4) is 0 Å². The van der Waals surface area contributed by atoms with E-state index < -0.39 is 11.0 Å². The first-order valence-corrected chi connectivity index (χ1v) is 8.65. The van der Waals surface area contributed by atoms with Gasteiger partial charge in [0.05, 0.1) is 5.69 Å². The summed E-state index contributed by atoms with van der Waals surface area (Å²) in [6, 6.07) is 9.37. The number of benzene rings is 1. The van der Waals surface area contributed by atoms with Gasteiger partial charge >= 0.3 is 0 Å². The number of aromatic nitrogens is 1. The Balaban J connectivity index is 2.03. The van der Waals surface area contributed by atoms with Gasteiger partial charge in [0.1, 0.15) is 11.8 Å². The lowest BCUT2D eigenvalue weighted by atomic mass is 10.1. The molecule has 6 nitrogen and oxygen atoms in total. The minimum absolute atomic E-state index is 0.364. The van der Waals surface area contributed by atoms with Gasteiger partial charge in [0, 0.05) is 24.7 Å². The van der Waals surface area contributed by atoms with E-state index in [1.54, 1.807) is 22.6 Å². The average Bonchev–Trinajstić information content (AvgIpc) is 2.53. The Morgan fingerprint density at radius 2 is 2.27 bits per heavy atom. The number of nitrogens with zero attached hydrogens (tertiary/aromatic N) is 3. The first kappa shape index (κ1) is 15.1. The molecule has 3 N–H and O–H groups in total. The van der Waals surface area contributed by atoms with Crippen LogP contribution in [0, 0.1) is 17.2 Å². The smallest absolute Gasteiger partial charge is 0.148 e. The Morgan fingerprint density at radius 1 is 1.45 bits per heavy atom. The van der Waals surface area contributed by atoms with E-state index in [4.69, 9.17) is 5.26 Å². The van der Waals surface area contributed by atoms with E-state index in [1.807, 2.05) is 12.1 Å². The number of nitrogens with one attached hydrogen (secondary N) is 1. The fraction of sp³-hybridized carbons (Fsp3) is 0.333. The Kier molecular flexibility index (Phi) is 3.93. The number of rotatable bonds is 2. The van der Waals surface area contributed by atoms with Crippen molar-refractivity contribution in [1.29, 1.82) is 5.26 Å². The molecule has 1 atom stereocenters. The summed E-state index contributed by atoms with van der Waals surface area (Å²) in [5.74, 6) is 0.364. The van der Waals surface area contributed by atoms with E-state index in [1.165, 1.54) is 0 Å². The second-order valence-corrected chi connectivity index (χ2v) is 7.15. The Hall–Kier alpha value is -1.85. The van der Waals surface area contributed by atoms with Crippen LogP contribution in [0.2, 0.25) is 0 Å². The zero-order chi connectivity index (χ0) is 15.7. The summed E-state index contributed by atoms with van der Waals surface area (Å²) in [5.41, 5.74) is 1.10. The van der Waals surface area contributed by atoms with Crippen molar-refractivity contribution in [3.63, 3.8) is 0 Å². The summed E-state index contributed by atoms with van der Waals surface area (Å²) in [6.45, 7) is 3.28. The first-order valence-electron chi connectivity index (χ1n) is 7.14. The average molecular weight is 318 g/mol. The van der Waals surface area contributed by atoms with Gasteiger partial charge in [0.15, 0.2) is 0 Å². The first-order chi connectivity index (χ1) is 10.5. The maximum absolute atomic E-state index is 10.3. The molecule has 0 bridgehead atoms. The molecule has 1 saturated heterocycles. The van der Waals surface area contributed by atoms with Crippen molar-refractivity contribution in [3.8, 4) is 6.07 Å². The molecule has 22 heavy (non-hydrogen) atoms. The maximum atomic E-state index is 10.3. The molecule has 0 amide bonds. The third-order valence-corrected chi connectivity index (χ3v) is 5.54. The molecule has 1 aromatic carbocycles. The molecule has 1 unspecified atom stereocenters. The summed E-state index contributed by atoms with van der Waals surface area (Å²) >= 11 is 0. The quantitative estimate of drug-likeness (QED) is 0.788. The highest BCUT2D eigenvalue weighted by molar-refractivity contribution is 8.23. The van der Waals surface area contributed by atoms with E-state index in [0.29, 0.717) is 24.7 Å². The van der Waals surface area contributed by atoms with Crippen LogP contribution in [-0.2, 0) is 0 Å². The second kappa shape index (κ2) is 5.74. The molecule has 1 fully saturated rings. The second-order valence-electron chi connectivity index (χ2n) is 5.38. The fourth-order valence-corrected chi connectivity index (χ4v) is 4.09. The SMILES string of the molecule is CCC1CNS(O)(O)N(c2ccc3c(C#N)nccc3c2)C1. The minimum atomic E-state index is -3.00. The topological polar surface area (TPSA) is 92.4 Å². The van der Waals surface area contributed by atoms with Crippen molar-refractivity contribution in [2.24, 2.45) is 5.92 Å². The van der Waals surface area contributed by atoms with Gasteiger partial charge in [-0.3, -0.25) is 13.4 Å². The molecule has 0 radical (unpaired) electrons. The third-order valence-electron chi connectivity index (χ3n) is 4.02. The van der Waals surface area contributed by atoms with Crippen molar-refractivity contribution in [2.75, 3.05) is 17.4 Å². The van der Waals surface area contributed by atoms with Crippen LogP contribution in [0.25, 0.3) is 10.8 Å². The summed E-state index contributed by atoms with van der Waals surface area (Å²) in [5, 5.41) is 10.7. The van der Waals surface area contributed by atoms with Gasteiger partial charge in [-0.1, -0.05) is 24.3 Å². The number of anilines is 1. The third kappa shape index (κ3) is 2.62. The Labute approximate surface area is 131 Å². The molecule has 0 aliphatic carbocycles. The molecule has 0 spiro atoms. The van der Waals surface area contributed by atoms with Gasteiger partial charge in [-0.25, -0.2) is 9.71 Å². The van der Waals surface area contributed by atoms with Crippen LogP contribution in [-0.4, -0.2) is 27.2 Å². The number of pyridine rings is 1. The van der Waals surface area contributed by atoms with Gasteiger partial charge in [-0.2, -0.15) is 5.26 Å². The molecule has 7 heteroatoms. The number of fused-ring (bicyclic) bond motifs is 1. The Morgan fingerprint density at radius 3 is 3.00 bits per heavy atom. The number of hydrogen-bond donors (Lipinski definition) is 3. The van der Waals surface area contributed by atoms with Crippen LogP contribution in [0.5, 0.6) is 0 Å². The molecule has 2 heterocycles. The van der Waals surface area contributed by atoms with Gasteiger partial charge in [0.25, 0.3) is 0 Å². The van der Waals surface area contributed by atoms with Gasteiger partial charge in [-0.05, 0) is 35.6 Å². The molecule has 1 aliphatic heterocycles. The highest BCUT2D eigenvalue weighted by Crippen LogP contribution is 2.46. The van der Waals surface area contributed by atoms with E-state index in [2.05, 4.69) is 22.7 Å². The standard InChI is InChI=1S/C15H18N4O2S/c1-2-11-9-18-22(20,21)19(10-11)13-3-4-14-12(7-13)5-6-17-15(14)8-16/h3-7,11,18,20-21H,2,9-10H2,1H3. The van der Waals surface area contributed by atoms with Crippen molar-refractivity contribution < 1.29 is 9.11 Å². The predicted octanol–water partition coefficient (Wildman–Crippen LogP) is 3.12. The molecule has 3 rings (SSSR count). The van der Waals surface area contributed by atoms with Crippen molar-refractivity contribution in [3.05, 3.63) is 36.2 Å². The summed E-state index contributed by atoms with van der Waals surface area (Å²) < 4.78 is 25.0. The normalized spacial score (nSPS) is 22.3. The van der Waals surface area contributed by atoms with Gasteiger partial charge in [-0.15, -0.1) is 0 Å². The van der Waals surface area contributed by atoms with Crippen molar-refractivity contribution >= 4 is 27.4 Å². The van der Waals surface area contributed by atoms with Crippen molar-refractivity contribution in [2.45, 2.75) is 13.3 Å². The zero-order valence-corrected chi connectivity index (χ0v) is 13.0. The number of hydrogen-bond acceptors (Lipinski definition) is 6. The Bertz CT molecular complexity index is 744. The molecule has 1 aliphatic rings. The fourth-order valence-electron chi connectivity index (χ4n) is 2.65. The monoisotopic (exact) mass is 318 g/mol. The van der Waals surface area contributed by atoms with Gasteiger partial charge < -0.3 is 0 Å². The lowest BCUT2D eigenvalue weighted by molar-refractivity contribution is 0.408. The predicted molar refractivity (Wildman–Crippen MR) is 88.4 cm³/mol. The highest BCUT2D eigenvalue weighted by Gasteiger charge is 2.31. The lowest BCUT2D eigenvalue weighted by Gasteiger charge is -2.49. The number of nitriles is 1. The van der Waals surface area contributed by atoms with Crippen LogP contribution in [0.4, 0.5) is 5.69 Å². The molecule has 1 aromatic heterocycles. The lowest BCUT2D eigenvalue weighted by Crippen LogP contribution is -2.47. The summed E-state index contributed by atoms with van der Waals surface area (Å²) in [7, 11) is -3.00.